The first-order chi connectivity index (χ1) is 6.11. The summed E-state index contributed by atoms with van der Waals surface area (Å²) in [5, 5.41) is 9.68. The van der Waals surface area contributed by atoms with Crippen LogP contribution in [0, 0.1) is 11.8 Å². The third-order valence-electron chi connectivity index (χ3n) is 2.44. The number of hydrogen-bond donors (Lipinski definition) is 1. The molecule has 3 atom stereocenters. The lowest BCUT2D eigenvalue weighted by atomic mass is 9.93. The molecule has 0 spiro atoms. The Hall–Kier alpha value is -0.630. The van der Waals surface area contributed by atoms with E-state index in [1.807, 2.05) is 6.92 Å². The molecule has 2 heteroatoms. The van der Waals surface area contributed by atoms with E-state index in [0.717, 1.165) is 19.1 Å². The summed E-state index contributed by atoms with van der Waals surface area (Å²) < 4.78 is 0. The minimum atomic E-state index is -0.328. The minimum Gasteiger partial charge on any atom is -0.393 e. The van der Waals surface area contributed by atoms with Gasteiger partial charge in [0.05, 0.1) is 6.10 Å². The Morgan fingerprint density at radius 1 is 1.38 bits per heavy atom. The first-order valence-electron chi connectivity index (χ1n) is 4.91. The van der Waals surface area contributed by atoms with E-state index in [1.165, 1.54) is 6.08 Å². The van der Waals surface area contributed by atoms with Crippen LogP contribution in [-0.2, 0) is 4.79 Å². The molecule has 1 N–H and O–H groups in total. The summed E-state index contributed by atoms with van der Waals surface area (Å²) >= 11 is 0. The molecule has 76 valence electrons. The van der Waals surface area contributed by atoms with Gasteiger partial charge >= 0.3 is 0 Å². The van der Waals surface area contributed by atoms with Crippen molar-refractivity contribution in [1.29, 1.82) is 0 Å². The van der Waals surface area contributed by atoms with Crippen LogP contribution in [0.15, 0.2) is 12.2 Å². The molecular formula is C11H20O2. The summed E-state index contributed by atoms with van der Waals surface area (Å²) in [6.45, 7) is 6.16. The van der Waals surface area contributed by atoms with E-state index in [2.05, 4.69) is 13.8 Å². The van der Waals surface area contributed by atoms with Crippen LogP contribution in [0.3, 0.4) is 0 Å². The molecule has 0 aromatic carbocycles. The van der Waals surface area contributed by atoms with Gasteiger partial charge in [-0.25, -0.2) is 0 Å². The molecule has 0 heterocycles. The van der Waals surface area contributed by atoms with E-state index in [1.54, 1.807) is 6.08 Å². The molecular weight excluding hydrogens is 164 g/mol. The highest BCUT2D eigenvalue weighted by atomic mass is 16.3. The number of rotatable bonds is 6. The van der Waals surface area contributed by atoms with E-state index >= 15 is 0 Å². The van der Waals surface area contributed by atoms with Crippen LogP contribution in [0.4, 0.5) is 0 Å². The molecule has 0 saturated carbocycles. The monoisotopic (exact) mass is 184 g/mol. The highest BCUT2D eigenvalue weighted by Crippen LogP contribution is 2.16. The van der Waals surface area contributed by atoms with Gasteiger partial charge in [-0.05, 0) is 18.4 Å². The SMILES string of the molecule is CCC(C)CC(O)C(C)C=CC=O. The fourth-order valence-electron chi connectivity index (χ4n) is 1.14. The van der Waals surface area contributed by atoms with Crippen LogP contribution in [-0.4, -0.2) is 17.5 Å². The molecule has 13 heavy (non-hydrogen) atoms. The number of aliphatic hydroxyl groups is 1. The Labute approximate surface area is 80.7 Å². The number of carbonyl (C=O) groups excluding carboxylic acids is 1. The molecule has 0 aliphatic heterocycles. The van der Waals surface area contributed by atoms with Gasteiger partial charge in [-0.15, -0.1) is 0 Å². The van der Waals surface area contributed by atoms with Crippen molar-refractivity contribution in [3.8, 4) is 0 Å². The summed E-state index contributed by atoms with van der Waals surface area (Å²) in [5.74, 6) is 0.612. The van der Waals surface area contributed by atoms with Crippen molar-refractivity contribution in [1.82, 2.24) is 0 Å². The summed E-state index contributed by atoms with van der Waals surface area (Å²) in [6, 6.07) is 0. The number of aldehydes is 1. The Balaban J connectivity index is 3.87. The second-order valence-electron chi connectivity index (χ2n) is 3.70. The van der Waals surface area contributed by atoms with Crippen molar-refractivity contribution in [2.75, 3.05) is 0 Å². The van der Waals surface area contributed by atoms with Crippen molar-refractivity contribution in [2.45, 2.75) is 39.7 Å². The first-order valence-corrected chi connectivity index (χ1v) is 4.91. The molecule has 0 rings (SSSR count). The van der Waals surface area contributed by atoms with Gasteiger partial charge in [0.25, 0.3) is 0 Å². The maximum Gasteiger partial charge on any atom is 0.142 e. The maximum atomic E-state index is 10.0. The van der Waals surface area contributed by atoms with Gasteiger partial charge in [-0.3, -0.25) is 4.79 Å². The Kier molecular flexibility index (Phi) is 6.51. The van der Waals surface area contributed by atoms with Gasteiger partial charge in [0.2, 0.25) is 0 Å². The fraction of sp³-hybridized carbons (Fsp3) is 0.727. The lowest BCUT2D eigenvalue weighted by molar-refractivity contribution is -0.104. The second-order valence-corrected chi connectivity index (χ2v) is 3.70. The molecule has 0 amide bonds. The van der Waals surface area contributed by atoms with Crippen LogP contribution in [0.1, 0.15) is 33.6 Å². The zero-order valence-corrected chi connectivity index (χ0v) is 8.73. The number of carbonyl (C=O) groups is 1. The largest absolute Gasteiger partial charge is 0.393 e. The predicted molar refractivity (Wildman–Crippen MR) is 54.4 cm³/mol. The van der Waals surface area contributed by atoms with Gasteiger partial charge in [0.1, 0.15) is 6.29 Å². The zero-order valence-electron chi connectivity index (χ0n) is 8.73. The van der Waals surface area contributed by atoms with Gasteiger partial charge < -0.3 is 5.11 Å². The molecule has 0 aliphatic carbocycles. The topological polar surface area (TPSA) is 37.3 Å². The van der Waals surface area contributed by atoms with Crippen LogP contribution in [0.5, 0.6) is 0 Å². The molecule has 2 nitrogen and oxygen atoms in total. The lowest BCUT2D eigenvalue weighted by Crippen LogP contribution is -2.18. The minimum absolute atomic E-state index is 0.0687. The average Bonchev–Trinajstić information content (AvgIpc) is 2.13. The van der Waals surface area contributed by atoms with Crippen molar-refractivity contribution >= 4 is 6.29 Å². The molecule has 0 aromatic rings. The standard InChI is InChI=1S/C11H20O2/c1-4-9(2)8-11(13)10(3)6-5-7-12/h5-7,9-11,13H,4,8H2,1-3H3. The first kappa shape index (κ1) is 12.4. The normalized spacial score (nSPS) is 18.5. The molecule has 3 unspecified atom stereocenters. The van der Waals surface area contributed by atoms with Crippen LogP contribution >= 0.6 is 0 Å². The van der Waals surface area contributed by atoms with E-state index < -0.39 is 0 Å². The molecule has 0 fully saturated rings. The molecule has 0 saturated heterocycles. The van der Waals surface area contributed by atoms with Crippen molar-refractivity contribution in [3.05, 3.63) is 12.2 Å². The quantitative estimate of drug-likeness (QED) is 0.507. The van der Waals surface area contributed by atoms with Crippen LogP contribution < -0.4 is 0 Å². The number of hydrogen-bond acceptors (Lipinski definition) is 2. The third-order valence-corrected chi connectivity index (χ3v) is 2.44. The number of aliphatic hydroxyl groups excluding tert-OH is 1. The molecule has 0 aliphatic rings. The van der Waals surface area contributed by atoms with Gasteiger partial charge in [0.15, 0.2) is 0 Å². The van der Waals surface area contributed by atoms with Gasteiger partial charge in [-0.2, -0.15) is 0 Å². The van der Waals surface area contributed by atoms with Crippen molar-refractivity contribution in [3.63, 3.8) is 0 Å². The summed E-state index contributed by atoms with van der Waals surface area (Å²) in [7, 11) is 0. The van der Waals surface area contributed by atoms with Crippen molar-refractivity contribution < 1.29 is 9.90 Å². The average molecular weight is 184 g/mol. The summed E-state index contributed by atoms with van der Waals surface area (Å²) in [5.41, 5.74) is 0. The Bertz CT molecular complexity index is 163. The van der Waals surface area contributed by atoms with Crippen LogP contribution in [0.2, 0.25) is 0 Å². The van der Waals surface area contributed by atoms with Gasteiger partial charge in [0, 0.05) is 5.92 Å². The molecule has 0 radical (unpaired) electrons. The highest BCUT2D eigenvalue weighted by Gasteiger charge is 2.13. The van der Waals surface area contributed by atoms with E-state index in [4.69, 9.17) is 0 Å². The van der Waals surface area contributed by atoms with Crippen LogP contribution in [0.25, 0.3) is 0 Å². The number of allylic oxidation sites excluding steroid dienone is 1. The van der Waals surface area contributed by atoms with Crippen molar-refractivity contribution in [2.24, 2.45) is 11.8 Å². The molecule has 0 aromatic heterocycles. The fourth-order valence-corrected chi connectivity index (χ4v) is 1.14. The van der Waals surface area contributed by atoms with Gasteiger partial charge in [-0.1, -0.05) is 33.3 Å². The zero-order chi connectivity index (χ0) is 10.3. The summed E-state index contributed by atoms with van der Waals surface area (Å²) in [6.07, 6.45) is 5.50. The maximum absolute atomic E-state index is 10.0. The Morgan fingerprint density at radius 2 is 2.00 bits per heavy atom. The Morgan fingerprint density at radius 3 is 2.46 bits per heavy atom. The van der Waals surface area contributed by atoms with E-state index in [9.17, 15) is 9.90 Å². The second kappa shape index (κ2) is 6.84. The highest BCUT2D eigenvalue weighted by molar-refractivity contribution is 5.64. The smallest absolute Gasteiger partial charge is 0.142 e. The van der Waals surface area contributed by atoms with E-state index in [-0.39, 0.29) is 12.0 Å². The summed E-state index contributed by atoms with van der Waals surface area (Å²) in [4.78, 5) is 10.0. The molecule has 0 bridgehead atoms. The third kappa shape index (κ3) is 5.58. The predicted octanol–water partition coefficient (Wildman–Crippen LogP) is 2.17. The van der Waals surface area contributed by atoms with E-state index in [0.29, 0.717) is 5.92 Å². The lowest BCUT2D eigenvalue weighted by Gasteiger charge is -2.18.